The SMILES string of the molecule is Cc1[nH]n(C(=O)c2ccccc2O)c(=O)c1C=C1C(=O)C=Cc2ccccc21. The number of hydrogen-bond donors (Lipinski definition) is 2. The number of aromatic nitrogens is 2. The van der Waals surface area contributed by atoms with Crippen LogP contribution in [-0.4, -0.2) is 26.6 Å². The molecule has 0 spiro atoms. The zero-order valence-corrected chi connectivity index (χ0v) is 15.0. The van der Waals surface area contributed by atoms with Gasteiger partial charge in [-0.05, 0) is 42.3 Å². The largest absolute Gasteiger partial charge is 0.507 e. The van der Waals surface area contributed by atoms with Crippen LogP contribution < -0.4 is 5.56 Å². The average Bonchev–Trinajstić information content (AvgIpc) is 2.98. The van der Waals surface area contributed by atoms with Crippen molar-refractivity contribution in [3.63, 3.8) is 0 Å². The molecule has 1 aliphatic rings. The molecule has 1 aliphatic carbocycles. The number of benzene rings is 2. The summed E-state index contributed by atoms with van der Waals surface area (Å²) in [6, 6.07) is 13.4. The number of nitrogens with zero attached hydrogens (tertiary/aromatic N) is 1. The summed E-state index contributed by atoms with van der Waals surface area (Å²) in [5, 5.41) is 12.6. The summed E-state index contributed by atoms with van der Waals surface area (Å²) in [5.74, 6) is -1.10. The molecule has 4 rings (SSSR count). The molecule has 0 saturated carbocycles. The number of aromatic hydroxyl groups is 1. The second-order valence-corrected chi connectivity index (χ2v) is 6.46. The smallest absolute Gasteiger partial charge is 0.283 e. The minimum atomic E-state index is -0.675. The van der Waals surface area contributed by atoms with Gasteiger partial charge in [-0.3, -0.25) is 19.5 Å². The van der Waals surface area contributed by atoms with Crippen molar-refractivity contribution in [2.75, 3.05) is 0 Å². The van der Waals surface area contributed by atoms with Gasteiger partial charge >= 0.3 is 0 Å². The first kappa shape index (κ1) is 17.5. The Labute approximate surface area is 160 Å². The lowest BCUT2D eigenvalue weighted by Crippen LogP contribution is -2.26. The van der Waals surface area contributed by atoms with Crippen molar-refractivity contribution in [2.45, 2.75) is 6.92 Å². The normalized spacial score (nSPS) is 14.3. The number of allylic oxidation sites excluding steroid dienone is 2. The number of phenolic OH excluding ortho intramolecular Hbond substituents is 1. The van der Waals surface area contributed by atoms with Gasteiger partial charge in [-0.1, -0.05) is 42.5 Å². The molecule has 0 fully saturated rings. The van der Waals surface area contributed by atoms with Gasteiger partial charge in [0.25, 0.3) is 11.5 Å². The lowest BCUT2D eigenvalue weighted by atomic mass is 9.90. The quantitative estimate of drug-likeness (QED) is 0.677. The van der Waals surface area contributed by atoms with Gasteiger partial charge < -0.3 is 5.11 Å². The number of ketones is 1. The van der Waals surface area contributed by atoms with Crippen LogP contribution in [0.3, 0.4) is 0 Å². The second kappa shape index (κ2) is 6.66. The molecule has 138 valence electrons. The van der Waals surface area contributed by atoms with Gasteiger partial charge in [-0.25, -0.2) is 0 Å². The molecule has 0 unspecified atom stereocenters. The maximum absolute atomic E-state index is 12.9. The first-order chi connectivity index (χ1) is 13.5. The lowest BCUT2D eigenvalue weighted by molar-refractivity contribution is -0.109. The van der Waals surface area contributed by atoms with Gasteiger partial charge in [0.05, 0.1) is 11.1 Å². The monoisotopic (exact) mass is 372 g/mol. The third-order valence-corrected chi connectivity index (χ3v) is 4.67. The van der Waals surface area contributed by atoms with E-state index in [1.54, 1.807) is 25.1 Å². The van der Waals surface area contributed by atoms with Gasteiger partial charge in [0, 0.05) is 11.3 Å². The molecule has 6 heteroatoms. The summed E-state index contributed by atoms with van der Waals surface area (Å²) in [4.78, 5) is 38.0. The predicted molar refractivity (Wildman–Crippen MR) is 106 cm³/mol. The molecule has 1 heterocycles. The van der Waals surface area contributed by atoms with E-state index in [4.69, 9.17) is 0 Å². The highest BCUT2D eigenvalue weighted by Crippen LogP contribution is 2.28. The van der Waals surface area contributed by atoms with Crippen molar-refractivity contribution in [3.05, 3.63) is 92.9 Å². The van der Waals surface area contributed by atoms with Crippen molar-refractivity contribution in [1.29, 1.82) is 0 Å². The molecule has 2 N–H and O–H groups in total. The van der Waals surface area contributed by atoms with Crippen LogP contribution in [0.15, 0.2) is 59.4 Å². The number of aromatic amines is 1. The fourth-order valence-corrected chi connectivity index (χ4v) is 3.22. The minimum Gasteiger partial charge on any atom is -0.507 e. The van der Waals surface area contributed by atoms with E-state index in [1.807, 2.05) is 24.3 Å². The predicted octanol–water partition coefficient (Wildman–Crippen LogP) is 3.02. The number of fused-ring (bicyclic) bond motifs is 1. The average molecular weight is 372 g/mol. The molecule has 0 saturated heterocycles. The summed E-state index contributed by atoms with van der Waals surface area (Å²) < 4.78 is 0.839. The van der Waals surface area contributed by atoms with Crippen LogP contribution in [0.5, 0.6) is 5.75 Å². The number of carbonyl (C=O) groups is 2. The Morgan fingerprint density at radius 1 is 1.04 bits per heavy atom. The molecule has 1 aromatic heterocycles. The van der Waals surface area contributed by atoms with Crippen molar-refractivity contribution in [2.24, 2.45) is 0 Å². The van der Waals surface area contributed by atoms with E-state index in [-0.39, 0.29) is 22.7 Å². The summed E-state index contributed by atoms with van der Waals surface area (Å²) >= 11 is 0. The zero-order valence-electron chi connectivity index (χ0n) is 15.0. The van der Waals surface area contributed by atoms with Crippen LogP contribution in [-0.2, 0) is 4.79 Å². The maximum atomic E-state index is 12.9. The van der Waals surface area contributed by atoms with Gasteiger partial charge in [0.2, 0.25) is 0 Å². The highest BCUT2D eigenvalue weighted by Gasteiger charge is 2.22. The van der Waals surface area contributed by atoms with Gasteiger partial charge in [-0.2, -0.15) is 4.68 Å². The van der Waals surface area contributed by atoms with E-state index in [1.165, 1.54) is 24.3 Å². The second-order valence-electron chi connectivity index (χ2n) is 6.46. The number of para-hydroxylation sites is 1. The number of aryl methyl sites for hydroxylation is 1. The molecule has 0 amide bonds. The summed E-state index contributed by atoms with van der Waals surface area (Å²) in [5.41, 5.74) is 2.09. The van der Waals surface area contributed by atoms with E-state index in [0.717, 1.165) is 15.8 Å². The van der Waals surface area contributed by atoms with E-state index in [0.29, 0.717) is 11.3 Å². The number of H-pyrrole nitrogens is 1. The Morgan fingerprint density at radius 3 is 2.54 bits per heavy atom. The minimum absolute atomic E-state index is 0.00655. The van der Waals surface area contributed by atoms with Crippen LogP contribution in [0.1, 0.15) is 32.7 Å². The van der Waals surface area contributed by atoms with Crippen LogP contribution in [0, 0.1) is 6.92 Å². The Balaban J connectivity index is 1.83. The van der Waals surface area contributed by atoms with Crippen LogP contribution in [0.2, 0.25) is 0 Å². The van der Waals surface area contributed by atoms with E-state index in [9.17, 15) is 19.5 Å². The summed E-state index contributed by atoms with van der Waals surface area (Å²) in [6.07, 6.45) is 4.70. The number of rotatable bonds is 2. The van der Waals surface area contributed by atoms with Crippen molar-refractivity contribution in [3.8, 4) is 5.75 Å². The van der Waals surface area contributed by atoms with Crippen molar-refractivity contribution >= 4 is 29.4 Å². The Hall–Kier alpha value is -3.93. The third-order valence-electron chi connectivity index (χ3n) is 4.67. The summed E-state index contributed by atoms with van der Waals surface area (Å²) in [6.45, 7) is 1.65. The molecule has 0 radical (unpaired) electrons. The summed E-state index contributed by atoms with van der Waals surface area (Å²) in [7, 11) is 0. The maximum Gasteiger partial charge on any atom is 0.283 e. The molecular formula is C22H16N2O4. The topological polar surface area (TPSA) is 92.2 Å². The lowest BCUT2D eigenvalue weighted by Gasteiger charge is -2.12. The van der Waals surface area contributed by atoms with E-state index >= 15 is 0 Å². The Bertz CT molecular complexity index is 1240. The van der Waals surface area contributed by atoms with Crippen LogP contribution in [0.4, 0.5) is 0 Å². The number of carbonyl (C=O) groups excluding carboxylic acids is 2. The fourth-order valence-electron chi connectivity index (χ4n) is 3.22. The molecule has 2 aromatic carbocycles. The molecule has 6 nitrogen and oxygen atoms in total. The highest BCUT2D eigenvalue weighted by molar-refractivity contribution is 6.33. The third kappa shape index (κ3) is 2.81. The van der Waals surface area contributed by atoms with Gasteiger partial charge in [-0.15, -0.1) is 0 Å². The highest BCUT2D eigenvalue weighted by atomic mass is 16.3. The van der Waals surface area contributed by atoms with Gasteiger partial charge in [0.1, 0.15) is 5.75 Å². The van der Waals surface area contributed by atoms with Gasteiger partial charge in [0.15, 0.2) is 5.78 Å². The fraction of sp³-hybridized carbons (Fsp3) is 0.0455. The number of hydrogen-bond acceptors (Lipinski definition) is 4. The Kier molecular flexibility index (Phi) is 4.16. The van der Waals surface area contributed by atoms with Crippen molar-refractivity contribution in [1.82, 2.24) is 9.78 Å². The molecule has 0 aliphatic heterocycles. The molecule has 0 atom stereocenters. The number of phenols is 1. The molecular weight excluding hydrogens is 356 g/mol. The standard InChI is InChI=1S/C22H16N2O4/c1-13-17(12-18-15-7-3-2-6-14(15)10-11-20(18)26)22(28)24(23-13)21(27)16-8-4-5-9-19(16)25/h2-12,23,25H,1H3. The first-order valence-corrected chi connectivity index (χ1v) is 8.65. The molecule has 0 bridgehead atoms. The van der Waals surface area contributed by atoms with Crippen molar-refractivity contribution < 1.29 is 14.7 Å². The zero-order chi connectivity index (χ0) is 19.8. The molecule has 3 aromatic rings. The Morgan fingerprint density at radius 2 is 1.75 bits per heavy atom. The van der Waals surface area contributed by atoms with Crippen LogP contribution >= 0.6 is 0 Å². The van der Waals surface area contributed by atoms with E-state index < -0.39 is 11.5 Å². The van der Waals surface area contributed by atoms with Crippen LogP contribution in [0.25, 0.3) is 17.7 Å². The van der Waals surface area contributed by atoms with E-state index in [2.05, 4.69) is 5.10 Å². The molecule has 28 heavy (non-hydrogen) atoms. The first-order valence-electron chi connectivity index (χ1n) is 8.65. The number of nitrogens with one attached hydrogen (secondary N) is 1.